The third-order valence-corrected chi connectivity index (χ3v) is 2.99. The number of nitrogens with zero attached hydrogens (tertiary/aromatic N) is 1. The Morgan fingerprint density at radius 3 is 3.07 bits per heavy atom. The van der Waals surface area contributed by atoms with E-state index in [4.69, 9.17) is 0 Å². The van der Waals surface area contributed by atoms with Gasteiger partial charge >= 0.3 is 0 Å². The second-order valence-electron chi connectivity index (χ2n) is 3.62. The van der Waals surface area contributed by atoms with Gasteiger partial charge in [0.25, 0.3) is 0 Å². The molecule has 1 N–H and O–H groups in total. The summed E-state index contributed by atoms with van der Waals surface area (Å²) in [4.78, 5) is 0. The van der Waals surface area contributed by atoms with E-state index in [1.807, 2.05) is 0 Å². The Balaban J connectivity index is 1.88. The van der Waals surface area contributed by atoms with E-state index in [-0.39, 0.29) is 0 Å². The summed E-state index contributed by atoms with van der Waals surface area (Å²) in [7, 11) is 0. The van der Waals surface area contributed by atoms with Crippen molar-refractivity contribution >= 4 is 17.0 Å². The number of aromatic nitrogens is 1. The standard InChI is InChI=1S/C12H16N2S/c1-2-5-14-6-3-11(9-14)8-13-12-4-7-15-10-12/h3-4,6-7,9-10,13H,2,5,8H2,1H3. The van der Waals surface area contributed by atoms with Crippen LogP contribution < -0.4 is 5.32 Å². The summed E-state index contributed by atoms with van der Waals surface area (Å²) < 4.78 is 2.24. The topological polar surface area (TPSA) is 17.0 Å². The van der Waals surface area contributed by atoms with Gasteiger partial charge in [-0.3, -0.25) is 0 Å². The van der Waals surface area contributed by atoms with Gasteiger partial charge in [-0.05, 0) is 29.5 Å². The van der Waals surface area contributed by atoms with E-state index in [0.717, 1.165) is 13.1 Å². The summed E-state index contributed by atoms with van der Waals surface area (Å²) >= 11 is 1.72. The number of rotatable bonds is 5. The van der Waals surface area contributed by atoms with Crippen LogP contribution in [0.4, 0.5) is 5.69 Å². The predicted octanol–water partition coefficient (Wildman–Crippen LogP) is 3.57. The van der Waals surface area contributed by atoms with Crippen LogP contribution in [0, 0.1) is 0 Å². The highest BCUT2D eigenvalue weighted by atomic mass is 32.1. The molecule has 0 aliphatic heterocycles. The molecule has 0 spiro atoms. The number of hydrogen-bond donors (Lipinski definition) is 1. The van der Waals surface area contributed by atoms with Gasteiger partial charge in [0.05, 0.1) is 0 Å². The van der Waals surface area contributed by atoms with Crippen molar-refractivity contribution < 1.29 is 0 Å². The average molecular weight is 220 g/mol. The summed E-state index contributed by atoms with van der Waals surface area (Å²) in [6.07, 6.45) is 5.54. The van der Waals surface area contributed by atoms with Gasteiger partial charge < -0.3 is 9.88 Å². The van der Waals surface area contributed by atoms with Crippen molar-refractivity contribution in [1.82, 2.24) is 4.57 Å². The lowest BCUT2D eigenvalue weighted by Crippen LogP contribution is -1.97. The lowest BCUT2D eigenvalue weighted by molar-refractivity contribution is 0.682. The average Bonchev–Trinajstić information content (AvgIpc) is 2.85. The molecule has 2 rings (SSSR count). The van der Waals surface area contributed by atoms with Gasteiger partial charge in [-0.1, -0.05) is 6.92 Å². The van der Waals surface area contributed by atoms with E-state index in [2.05, 4.69) is 52.1 Å². The minimum atomic E-state index is 0.910. The fraction of sp³-hybridized carbons (Fsp3) is 0.333. The Bertz CT molecular complexity index is 389. The lowest BCUT2D eigenvalue weighted by Gasteiger charge is -2.01. The van der Waals surface area contributed by atoms with Gasteiger partial charge in [0.1, 0.15) is 0 Å². The highest BCUT2D eigenvalue weighted by Crippen LogP contribution is 2.13. The highest BCUT2D eigenvalue weighted by Gasteiger charge is 1.96. The van der Waals surface area contributed by atoms with Gasteiger partial charge in [-0.2, -0.15) is 11.3 Å². The molecule has 0 saturated heterocycles. The van der Waals surface area contributed by atoms with Crippen LogP contribution in [-0.2, 0) is 13.1 Å². The molecule has 0 atom stereocenters. The van der Waals surface area contributed by atoms with Crippen molar-refractivity contribution in [3.63, 3.8) is 0 Å². The molecule has 0 amide bonds. The predicted molar refractivity (Wildman–Crippen MR) is 66.4 cm³/mol. The first-order valence-corrected chi connectivity index (χ1v) is 6.23. The van der Waals surface area contributed by atoms with Crippen LogP contribution in [0.3, 0.4) is 0 Å². The largest absolute Gasteiger partial charge is 0.380 e. The number of nitrogens with one attached hydrogen (secondary N) is 1. The van der Waals surface area contributed by atoms with Crippen molar-refractivity contribution in [3.8, 4) is 0 Å². The number of thiophene rings is 1. The van der Waals surface area contributed by atoms with Crippen LogP contribution >= 0.6 is 11.3 Å². The lowest BCUT2D eigenvalue weighted by atomic mass is 10.3. The third kappa shape index (κ3) is 2.86. The first-order chi connectivity index (χ1) is 7.38. The molecule has 0 unspecified atom stereocenters. The van der Waals surface area contributed by atoms with E-state index in [0.29, 0.717) is 0 Å². The maximum Gasteiger partial charge on any atom is 0.0451 e. The third-order valence-electron chi connectivity index (χ3n) is 2.31. The Hall–Kier alpha value is -1.22. The zero-order valence-corrected chi connectivity index (χ0v) is 9.76. The van der Waals surface area contributed by atoms with E-state index in [1.165, 1.54) is 17.7 Å². The van der Waals surface area contributed by atoms with Crippen molar-refractivity contribution in [2.75, 3.05) is 5.32 Å². The van der Waals surface area contributed by atoms with Gasteiger partial charge in [0.15, 0.2) is 0 Å². The molecule has 0 radical (unpaired) electrons. The van der Waals surface area contributed by atoms with Crippen LogP contribution in [0.5, 0.6) is 0 Å². The molecule has 0 aliphatic carbocycles. The van der Waals surface area contributed by atoms with Gasteiger partial charge in [-0.15, -0.1) is 0 Å². The molecule has 2 nitrogen and oxygen atoms in total. The molecule has 0 aliphatic rings. The van der Waals surface area contributed by atoms with Crippen LogP contribution in [0.2, 0.25) is 0 Å². The normalized spacial score (nSPS) is 10.5. The molecule has 2 aromatic heterocycles. The molecule has 0 saturated carbocycles. The Kier molecular flexibility index (Phi) is 3.45. The SMILES string of the molecule is CCCn1ccc(CNc2ccsc2)c1. The number of anilines is 1. The molecule has 15 heavy (non-hydrogen) atoms. The van der Waals surface area contributed by atoms with Crippen LogP contribution in [0.15, 0.2) is 35.3 Å². The summed E-state index contributed by atoms with van der Waals surface area (Å²) in [5.74, 6) is 0. The number of hydrogen-bond acceptors (Lipinski definition) is 2. The zero-order chi connectivity index (χ0) is 10.5. The van der Waals surface area contributed by atoms with Crippen LogP contribution in [0.1, 0.15) is 18.9 Å². The quantitative estimate of drug-likeness (QED) is 0.815. The fourth-order valence-corrected chi connectivity index (χ4v) is 2.17. The maximum absolute atomic E-state index is 3.39. The van der Waals surface area contributed by atoms with Crippen molar-refractivity contribution in [2.45, 2.75) is 26.4 Å². The summed E-state index contributed by atoms with van der Waals surface area (Å²) in [6, 6.07) is 4.28. The molecule has 80 valence electrons. The van der Waals surface area contributed by atoms with Gasteiger partial charge in [0.2, 0.25) is 0 Å². The maximum atomic E-state index is 3.39. The fourth-order valence-electron chi connectivity index (χ4n) is 1.56. The van der Waals surface area contributed by atoms with E-state index in [1.54, 1.807) is 11.3 Å². The molecule has 0 bridgehead atoms. The van der Waals surface area contributed by atoms with Gasteiger partial charge in [-0.25, -0.2) is 0 Å². The molecule has 3 heteroatoms. The zero-order valence-electron chi connectivity index (χ0n) is 8.94. The second kappa shape index (κ2) is 5.03. The monoisotopic (exact) mass is 220 g/mol. The molecule has 0 aromatic carbocycles. The van der Waals surface area contributed by atoms with Crippen LogP contribution in [-0.4, -0.2) is 4.57 Å². The van der Waals surface area contributed by atoms with Crippen molar-refractivity contribution in [3.05, 3.63) is 40.8 Å². The molecule has 0 fully saturated rings. The van der Waals surface area contributed by atoms with Gasteiger partial charge in [0, 0.05) is 36.6 Å². The molecule has 2 heterocycles. The minimum absolute atomic E-state index is 0.910. The summed E-state index contributed by atoms with van der Waals surface area (Å²) in [5, 5.41) is 7.61. The second-order valence-corrected chi connectivity index (χ2v) is 4.40. The molecular formula is C12H16N2S. The van der Waals surface area contributed by atoms with E-state index < -0.39 is 0 Å². The van der Waals surface area contributed by atoms with E-state index in [9.17, 15) is 0 Å². The highest BCUT2D eigenvalue weighted by molar-refractivity contribution is 7.08. The first-order valence-electron chi connectivity index (χ1n) is 5.29. The molecule has 2 aromatic rings. The Morgan fingerprint density at radius 2 is 2.33 bits per heavy atom. The smallest absolute Gasteiger partial charge is 0.0451 e. The first kappa shape index (κ1) is 10.3. The summed E-state index contributed by atoms with van der Waals surface area (Å²) in [5.41, 5.74) is 2.55. The van der Waals surface area contributed by atoms with Crippen molar-refractivity contribution in [1.29, 1.82) is 0 Å². The summed E-state index contributed by atoms with van der Waals surface area (Å²) in [6.45, 7) is 4.22. The molecular weight excluding hydrogens is 204 g/mol. The van der Waals surface area contributed by atoms with Crippen LogP contribution in [0.25, 0.3) is 0 Å². The number of aryl methyl sites for hydroxylation is 1. The van der Waals surface area contributed by atoms with E-state index >= 15 is 0 Å². The Labute approximate surface area is 94.6 Å². The Morgan fingerprint density at radius 1 is 1.40 bits per heavy atom. The van der Waals surface area contributed by atoms with Crippen molar-refractivity contribution in [2.24, 2.45) is 0 Å². The minimum Gasteiger partial charge on any atom is -0.380 e.